The van der Waals surface area contributed by atoms with Gasteiger partial charge in [0.2, 0.25) is 0 Å². The number of carbonyl (C=O) groups excluding carboxylic acids is 2. The Morgan fingerprint density at radius 1 is 1.00 bits per heavy atom. The van der Waals surface area contributed by atoms with E-state index in [0.717, 1.165) is 17.5 Å². The second kappa shape index (κ2) is 10.6. The van der Waals surface area contributed by atoms with Crippen molar-refractivity contribution in [3.05, 3.63) is 89.8 Å². The summed E-state index contributed by atoms with van der Waals surface area (Å²) in [5.41, 5.74) is 2.77. The van der Waals surface area contributed by atoms with Crippen molar-refractivity contribution in [3.63, 3.8) is 0 Å². The SMILES string of the molecule is O=C(COC(=O)/C=C/c1cn(Cc2ccccc2)nn1)NCCc1ccccc1. The molecule has 0 spiro atoms. The van der Waals surface area contributed by atoms with Gasteiger partial charge in [0.15, 0.2) is 6.61 Å². The number of nitrogens with zero attached hydrogens (tertiary/aromatic N) is 3. The molecule has 0 aliphatic carbocycles. The van der Waals surface area contributed by atoms with E-state index in [0.29, 0.717) is 18.8 Å². The van der Waals surface area contributed by atoms with E-state index >= 15 is 0 Å². The van der Waals surface area contributed by atoms with E-state index in [-0.39, 0.29) is 12.5 Å². The minimum absolute atomic E-state index is 0.321. The summed E-state index contributed by atoms with van der Waals surface area (Å²) in [5.74, 6) is -0.947. The van der Waals surface area contributed by atoms with Crippen LogP contribution >= 0.6 is 0 Å². The van der Waals surface area contributed by atoms with Crippen LogP contribution in [-0.4, -0.2) is 40.0 Å². The van der Waals surface area contributed by atoms with Crippen LogP contribution in [-0.2, 0) is 27.3 Å². The molecule has 3 rings (SSSR count). The van der Waals surface area contributed by atoms with Crippen LogP contribution in [0.15, 0.2) is 72.9 Å². The number of rotatable bonds is 9. The highest BCUT2D eigenvalue weighted by atomic mass is 16.5. The van der Waals surface area contributed by atoms with Gasteiger partial charge in [0.05, 0.1) is 12.7 Å². The van der Waals surface area contributed by atoms with Gasteiger partial charge in [-0.1, -0.05) is 65.9 Å². The largest absolute Gasteiger partial charge is 0.452 e. The average Bonchev–Trinajstić information content (AvgIpc) is 3.19. The fourth-order valence-corrected chi connectivity index (χ4v) is 2.62. The Hall–Kier alpha value is -3.74. The molecule has 29 heavy (non-hydrogen) atoms. The van der Waals surface area contributed by atoms with E-state index in [1.165, 1.54) is 12.2 Å². The molecule has 0 atom stereocenters. The van der Waals surface area contributed by atoms with Gasteiger partial charge in [0.1, 0.15) is 5.69 Å². The molecule has 0 bridgehead atoms. The number of ether oxygens (including phenoxy) is 1. The average molecular weight is 390 g/mol. The number of hydrogen-bond donors (Lipinski definition) is 1. The highest BCUT2D eigenvalue weighted by Gasteiger charge is 2.05. The first-order chi connectivity index (χ1) is 14.2. The predicted molar refractivity (Wildman–Crippen MR) is 109 cm³/mol. The molecule has 7 heteroatoms. The van der Waals surface area contributed by atoms with Gasteiger partial charge in [-0.05, 0) is 23.6 Å². The number of carbonyl (C=O) groups is 2. The van der Waals surface area contributed by atoms with Crippen molar-refractivity contribution in [2.24, 2.45) is 0 Å². The van der Waals surface area contributed by atoms with Crippen molar-refractivity contribution >= 4 is 18.0 Å². The third kappa shape index (κ3) is 7.06. The third-order valence-electron chi connectivity index (χ3n) is 4.06. The minimum Gasteiger partial charge on any atom is -0.452 e. The van der Waals surface area contributed by atoms with Crippen molar-refractivity contribution in [1.82, 2.24) is 20.3 Å². The quantitative estimate of drug-likeness (QED) is 0.447. The van der Waals surface area contributed by atoms with E-state index < -0.39 is 5.97 Å². The molecule has 0 radical (unpaired) electrons. The zero-order chi connectivity index (χ0) is 20.3. The Balaban J connectivity index is 1.36. The van der Waals surface area contributed by atoms with Crippen LogP contribution < -0.4 is 5.32 Å². The molecular weight excluding hydrogens is 368 g/mol. The number of benzene rings is 2. The lowest BCUT2D eigenvalue weighted by atomic mass is 10.1. The van der Waals surface area contributed by atoms with Crippen molar-refractivity contribution in [2.45, 2.75) is 13.0 Å². The van der Waals surface area contributed by atoms with Crippen LogP contribution in [0.4, 0.5) is 0 Å². The topological polar surface area (TPSA) is 86.1 Å². The number of esters is 1. The van der Waals surface area contributed by atoms with Crippen molar-refractivity contribution < 1.29 is 14.3 Å². The molecule has 7 nitrogen and oxygen atoms in total. The Morgan fingerprint density at radius 2 is 1.69 bits per heavy atom. The number of nitrogens with one attached hydrogen (secondary N) is 1. The number of hydrogen-bond acceptors (Lipinski definition) is 5. The summed E-state index contributed by atoms with van der Waals surface area (Å²) in [7, 11) is 0. The van der Waals surface area contributed by atoms with Gasteiger partial charge in [-0.15, -0.1) is 5.10 Å². The second-order valence-corrected chi connectivity index (χ2v) is 6.35. The van der Waals surface area contributed by atoms with Crippen LogP contribution in [0.5, 0.6) is 0 Å². The van der Waals surface area contributed by atoms with E-state index in [2.05, 4.69) is 15.6 Å². The van der Waals surface area contributed by atoms with Crippen LogP contribution in [0, 0.1) is 0 Å². The summed E-state index contributed by atoms with van der Waals surface area (Å²) >= 11 is 0. The maximum absolute atomic E-state index is 11.8. The number of aromatic nitrogens is 3. The van der Waals surface area contributed by atoms with Crippen LogP contribution in [0.25, 0.3) is 6.08 Å². The monoisotopic (exact) mass is 390 g/mol. The maximum Gasteiger partial charge on any atom is 0.331 e. The number of amides is 1. The van der Waals surface area contributed by atoms with Gasteiger partial charge in [-0.25, -0.2) is 9.48 Å². The molecule has 0 aliphatic heterocycles. The van der Waals surface area contributed by atoms with Gasteiger partial charge in [0, 0.05) is 12.6 Å². The van der Waals surface area contributed by atoms with Crippen molar-refractivity contribution in [2.75, 3.05) is 13.2 Å². The molecule has 1 N–H and O–H groups in total. The summed E-state index contributed by atoms with van der Waals surface area (Å²) < 4.78 is 6.62. The first-order valence-corrected chi connectivity index (χ1v) is 9.28. The molecule has 0 fully saturated rings. The van der Waals surface area contributed by atoms with Gasteiger partial charge in [-0.3, -0.25) is 4.79 Å². The molecule has 0 unspecified atom stereocenters. The van der Waals surface area contributed by atoms with Crippen molar-refractivity contribution in [3.8, 4) is 0 Å². The molecular formula is C22H22N4O3. The Labute approximate surface area is 169 Å². The standard InChI is InChI=1S/C22H22N4O3/c27-21(23-14-13-18-7-3-1-4-8-18)17-29-22(28)12-11-20-16-26(25-24-20)15-19-9-5-2-6-10-19/h1-12,16H,13-15,17H2,(H,23,27)/b12-11+. The lowest BCUT2D eigenvalue weighted by Crippen LogP contribution is -2.30. The lowest BCUT2D eigenvalue weighted by molar-refractivity contribution is -0.143. The maximum atomic E-state index is 11.8. The summed E-state index contributed by atoms with van der Waals surface area (Å²) in [6.45, 7) is 0.759. The summed E-state index contributed by atoms with van der Waals surface area (Å²) in [6, 6.07) is 19.7. The van der Waals surface area contributed by atoms with Crippen molar-refractivity contribution in [1.29, 1.82) is 0 Å². The fraction of sp³-hybridized carbons (Fsp3) is 0.182. The fourth-order valence-electron chi connectivity index (χ4n) is 2.62. The lowest BCUT2D eigenvalue weighted by Gasteiger charge is -2.05. The Kier molecular flexibility index (Phi) is 7.28. The zero-order valence-electron chi connectivity index (χ0n) is 15.9. The van der Waals surface area contributed by atoms with Gasteiger partial charge >= 0.3 is 5.97 Å². The molecule has 1 aromatic heterocycles. The van der Waals surface area contributed by atoms with Crippen LogP contribution in [0.3, 0.4) is 0 Å². The van der Waals surface area contributed by atoms with Crippen LogP contribution in [0.1, 0.15) is 16.8 Å². The van der Waals surface area contributed by atoms with Gasteiger partial charge in [0.25, 0.3) is 5.91 Å². The molecule has 2 aromatic carbocycles. The molecule has 1 heterocycles. The van der Waals surface area contributed by atoms with E-state index in [4.69, 9.17) is 4.74 Å². The third-order valence-corrected chi connectivity index (χ3v) is 4.06. The molecule has 0 aliphatic rings. The Bertz CT molecular complexity index is 952. The highest BCUT2D eigenvalue weighted by Crippen LogP contribution is 2.03. The van der Waals surface area contributed by atoms with E-state index in [9.17, 15) is 9.59 Å². The van der Waals surface area contributed by atoms with Crippen LogP contribution in [0.2, 0.25) is 0 Å². The summed E-state index contributed by atoms with van der Waals surface area (Å²) in [6.07, 6.45) is 5.18. The smallest absolute Gasteiger partial charge is 0.331 e. The van der Waals surface area contributed by atoms with E-state index in [1.807, 2.05) is 60.7 Å². The molecule has 0 saturated heterocycles. The van der Waals surface area contributed by atoms with Gasteiger partial charge in [-0.2, -0.15) is 0 Å². The first-order valence-electron chi connectivity index (χ1n) is 9.28. The second-order valence-electron chi connectivity index (χ2n) is 6.35. The minimum atomic E-state index is -0.610. The summed E-state index contributed by atoms with van der Waals surface area (Å²) in [4.78, 5) is 23.5. The molecule has 0 saturated carbocycles. The molecule has 3 aromatic rings. The first kappa shape index (κ1) is 20.0. The van der Waals surface area contributed by atoms with E-state index in [1.54, 1.807) is 10.9 Å². The molecule has 148 valence electrons. The van der Waals surface area contributed by atoms with Gasteiger partial charge < -0.3 is 10.1 Å². The summed E-state index contributed by atoms with van der Waals surface area (Å²) in [5, 5.41) is 10.7. The highest BCUT2D eigenvalue weighted by molar-refractivity contribution is 5.88. The molecule has 1 amide bonds. The Morgan fingerprint density at radius 3 is 2.41 bits per heavy atom. The normalized spacial score (nSPS) is 10.8. The zero-order valence-corrected chi connectivity index (χ0v) is 15.9. The predicted octanol–water partition coefficient (Wildman–Crippen LogP) is 2.24.